The van der Waals surface area contributed by atoms with E-state index in [1.807, 2.05) is 18.2 Å². The molecule has 0 amide bonds. The van der Waals surface area contributed by atoms with Gasteiger partial charge in [0.25, 0.3) is 0 Å². The van der Waals surface area contributed by atoms with Crippen LogP contribution >= 0.6 is 0 Å². The number of nitrogens with two attached hydrogens (primary N) is 1. The molecule has 0 heterocycles. The van der Waals surface area contributed by atoms with Crippen LogP contribution in [0.1, 0.15) is 43.9 Å². The van der Waals surface area contributed by atoms with E-state index in [9.17, 15) is 13.5 Å². The van der Waals surface area contributed by atoms with Crippen molar-refractivity contribution < 1.29 is 13.5 Å². The van der Waals surface area contributed by atoms with Gasteiger partial charge < -0.3 is 15.3 Å². The number of nitrogens with zero attached hydrogens (tertiary/aromatic N) is 1. The molecule has 170 valence electrons. The fourth-order valence-corrected chi connectivity index (χ4v) is 5.36. The summed E-state index contributed by atoms with van der Waals surface area (Å²) >= 11 is 0. The first kappa shape index (κ1) is 23.7. The molecule has 1 aliphatic carbocycles. The molecule has 1 aliphatic rings. The van der Waals surface area contributed by atoms with E-state index in [2.05, 4.69) is 44.1 Å². The van der Waals surface area contributed by atoms with E-state index in [4.69, 9.17) is 5.14 Å². The summed E-state index contributed by atoms with van der Waals surface area (Å²) in [6, 6.07) is 13.1. The summed E-state index contributed by atoms with van der Waals surface area (Å²) in [7, 11) is -1.50. The molecule has 2 aromatic rings. The van der Waals surface area contributed by atoms with Crippen LogP contribution in [0, 0.1) is 0 Å². The van der Waals surface area contributed by atoms with E-state index in [1.54, 1.807) is 18.2 Å². The number of fused-ring (bicyclic) bond motifs is 1. The van der Waals surface area contributed by atoms with Gasteiger partial charge in [0.05, 0.1) is 4.90 Å². The third kappa shape index (κ3) is 4.95. The molecular formula is C24H35N3O3S. The molecule has 0 fully saturated rings. The second-order valence-electron chi connectivity index (χ2n) is 8.83. The van der Waals surface area contributed by atoms with Gasteiger partial charge >= 0.3 is 0 Å². The van der Waals surface area contributed by atoms with Crippen molar-refractivity contribution in [2.75, 3.05) is 20.1 Å². The van der Waals surface area contributed by atoms with Crippen LogP contribution in [0.2, 0.25) is 0 Å². The summed E-state index contributed by atoms with van der Waals surface area (Å²) in [5.74, 6) is 0.314. The number of likely N-dealkylation sites (N-methyl/N-ethyl adjacent to an activating group) is 1. The van der Waals surface area contributed by atoms with Crippen LogP contribution in [0.25, 0.3) is 0 Å². The van der Waals surface area contributed by atoms with Crippen LogP contribution in [0.3, 0.4) is 0 Å². The number of rotatable bonds is 8. The minimum Gasteiger partial charge on any atom is -0.508 e. The molecule has 2 aromatic carbocycles. The predicted octanol–water partition coefficient (Wildman–Crippen LogP) is 2.78. The van der Waals surface area contributed by atoms with Gasteiger partial charge in [0.1, 0.15) is 5.75 Å². The first-order valence-corrected chi connectivity index (χ1v) is 12.5. The number of primary sulfonamides is 1. The molecule has 3 atom stereocenters. The number of hydrogen-bond acceptors (Lipinski definition) is 5. The van der Waals surface area contributed by atoms with Gasteiger partial charge in [-0.1, -0.05) is 39.0 Å². The molecule has 0 radical (unpaired) electrons. The zero-order valence-electron chi connectivity index (χ0n) is 18.9. The van der Waals surface area contributed by atoms with Crippen molar-refractivity contribution in [2.45, 2.75) is 62.4 Å². The molecule has 0 aliphatic heterocycles. The van der Waals surface area contributed by atoms with Gasteiger partial charge in [-0.3, -0.25) is 0 Å². The van der Waals surface area contributed by atoms with Crippen molar-refractivity contribution in [1.29, 1.82) is 0 Å². The highest BCUT2D eigenvalue weighted by atomic mass is 32.2. The smallest absolute Gasteiger partial charge is 0.238 e. The maximum Gasteiger partial charge on any atom is 0.238 e. The molecular weight excluding hydrogens is 410 g/mol. The highest BCUT2D eigenvalue weighted by Gasteiger charge is 2.45. The molecule has 0 bridgehead atoms. The minimum absolute atomic E-state index is 0.113. The number of phenolic OH excluding ortho intramolecular Hbond substituents is 1. The van der Waals surface area contributed by atoms with E-state index in [-0.39, 0.29) is 16.4 Å². The Morgan fingerprint density at radius 1 is 1.19 bits per heavy atom. The lowest BCUT2D eigenvalue weighted by Crippen LogP contribution is -2.62. The zero-order valence-corrected chi connectivity index (χ0v) is 19.7. The van der Waals surface area contributed by atoms with Crippen molar-refractivity contribution in [2.24, 2.45) is 5.14 Å². The Labute approximate surface area is 186 Å². The predicted molar refractivity (Wildman–Crippen MR) is 125 cm³/mol. The Kier molecular flexibility index (Phi) is 7.11. The van der Waals surface area contributed by atoms with E-state index in [1.165, 1.54) is 11.1 Å². The Balaban J connectivity index is 1.82. The van der Waals surface area contributed by atoms with Crippen LogP contribution in [0.5, 0.6) is 5.75 Å². The molecule has 6 nitrogen and oxygen atoms in total. The number of hydrogen-bond donors (Lipinski definition) is 3. The van der Waals surface area contributed by atoms with Crippen LogP contribution in [0.15, 0.2) is 47.4 Å². The molecule has 0 saturated carbocycles. The summed E-state index contributed by atoms with van der Waals surface area (Å²) < 4.78 is 22.9. The molecule has 1 unspecified atom stereocenters. The number of benzene rings is 2. The molecule has 0 aromatic heterocycles. The fraction of sp³-hybridized carbons (Fsp3) is 0.500. The average Bonchev–Trinajstić information content (AvgIpc) is 2.74. The van der Waals surface area contributed by atoms with Crippen molar-refractivity contribution in [3.63, 3.8) is 0 Å². The molecule has 3 rings (SSSR count). The molecule has 4 N–H and O–H groups in total. The molecule has 31 heavy (non-hydrogen) atoms. The van der Waals surface area contributed by atoms with E-state index in [0.717, 1.165) is 37.9 Å². The Morgan fingerprint density at radius 2 is 1.87 bits per heavy atom. The highest BCUT2D eigenvalue weighted by molar-refractivity contribution is 7.89. The standard InChI is InChI=1S/C24H35N3O3S/c1-5-24(3)21-16-19(28)10-9-18(21)15-22(27(4)6-2)23(24)26-14-13-17-7-11-20(12-8-17)31(25,29)30/h7-12,16,22-23,26,28H,5-6,13-15H2,1-4H3,(H2,25,29,30)/t22-,23-,24?/m1/s1. The lowest BCUT2D eigenvalue weighted by molar-refractivity contribution is 0.129. The zero-order chi connectivity index (χ0) is 22.8. The Bertz CT molecular complexity index is 1010. The molecule has 0 saturated heterocycles. The van der Waals surface area contributed by atoms with Crippen LogP contribution in [-0.2, 0) is 28.3 Å². The second kappa shape index (κ2) is 9.28. The summed E-state index contributed by atoms with van der Waals surface area (Å²) in [5, 5.41) is 19.2. The third-order valence-electron chi connectivity index (χ3n) is 7.04. The Hall–Kier alpha value is -1.93. The summed E-state index contributed by atoms with van der Waals surface area (Å²) in [4.78, 5) is 2.54. The summed E-state index contributed by atoms with van der Waals surface area (Å²) in [6.45, 7) is 8.42. The van der Waals surface area contributed by atoms with Gasteiger partial charge in [-0.25, -0.2) is 13.6 Å². The largest absolute Gasteiger partial charge is 0.508 e. The highest BCUT2D eigenvalue weighted by Crippen LogP contribution is 2.42. The minimum atomic E-state index is -3.67. The fourth-order valence-electron chi connectivity index (χ4n) is 4.84. The van der Waals surface area contributed by atoms with E-state index in [0.29, 0.717) is 11.8 Å². The molecule has 7 heteroatoms. The topological polar surface area (TPSA) is 95.7 Å². The van der Waals surface area contributed by atoms with E-state index < -0.39 is 10.0 Å². The lowest BCUT2D eigenvalue weighted by atomic mass is 9.64. The van der Waals surface area contributed by atoms with Crippen molar-refractivity contribution in [3.05, 3.63) is 59.2 Å². The number of sulfonamides is 1. The van der Waals surface area contributed by atoms with Crippen LogP contribution < -0.4 is 10.5 Å². The van der Waals surface area contributed by atoms with Gasteiger partial charge in [-0.2, -0.15) is 0 Å². The third-order valence-corrected chi connectivity index (χ3v) is 7.97. The first-order valence-electron chi connectivity index (χ1n) is 11.0. The summed E-state index contributed by atoms with van der Waals surface area (Å²) in [6.07, 6.45) is 2.69. The maximum absolute atomic E-state index is 11.5. The van der Waals surface area contributed by atoms with Gasteiger partial charge in [0, 0.05) is 17.5 Å². The van der Waals surface area contributed by atoms with Gasteiger partial charge in [-0.15, -0.1) is 0 Å². The van der Waals surface area contributed by atoms with Gasteiger partial charge in [0.15, 0.2) is 0 Å². The van der Waals surface area contributed by atoms with Crippen molar-refractivity contribution in [1.82, 2.24) is 10.2 Å². The SMILES string of the molecule is CCN(C)[C@@H]1Cc2ccc(O)cc2C(C)(CC)[C@@H]1NCCc1ccc(S(N)(=O)=O)cc1. The first-order chi connectivity index (χ1) is 14.6. The van der Waals surface area contributed by atoms with Gasteiger partial charge in [-0.05, 0) is 80.4 Å². The molecule has 0 spiro atoms. The van der Waals surface area contributed by atoms with Crippen LogP contribution in [-0.4, -0.2) is 50.6 Å². The van der Waals surface area contributed by atoms with E-state index >= 15 is 0 Å². The number of phenols is 1. The van der Waals surface area contributed by atoms with Crippen molar-refractivity contribution in [3.8, 4) is 5.75 Å². The average molecular weight is 446 g/mol. The number of aromatic hydroxyl groups is 1. The number of nitrogens with one attached hydrogen (secondary N) is 1. The van der Waals surface area contributed by atoms with Crippen molar-refractivity contribution >= 4 is 10.0 Å². The van der Waals surface area contributed by atoms with Gasteiger partial charge in [0.2, 0.25) is 10.0 Å². The summed E-state index contributed by atoms with van der Waals surface area (Å²) in [5.41, 5.74) is 3.49. The second-order valence-corrected chi connectivity index (χ2v) is 10.4. The monoisotopic (exact) mass is 445 g/mol. The Morgan fingerprint density at radius 3 is 2.45 bits per heavy atom. The maximum atomic E-state index is 11.5. The lowest BCUT2D eigenvalue weighted by Gasteiger charge is -2.50. The van der Waals surface area contributed by atoms with Crippen LogP contribution in [0.4, 0.5) is 0 Å². The normalized spacial score (nSPS) is 23.7. The quantitative estimate of drug-likeness (QED) is 0.581.